The number of rotatable bonds is 2. The maximum atomic E-state index is 12.2. The number of nitrogens with zero attached hydrogens (tertiary/aromatic N) is 4. The highest BCUT2D eigenvalue weighted by atomic mass is 16.5. The Hall–Kier alpha value is -2.96. The summed E-state index contributed by atoms with van der Waals surface area (Å²) >= 11 is 0. The zero-order chi connectivity index (χ0) is 17.9. The molecule has 3 heterocycles. The third kappa shape index (κ3) is 2.19. The number of aryl methyl sites for hydroxylation is 3. The van der Waals surface area contributed by atoms with Gasteiger partial charge < -0.3 is 14.6 Å². The third-order valence-corrected chi connectivity index (χ3v) is 4.83. The normalized spacial score (nSPS) is 14.7. The fourth-order valence-corrected chi connectivity index (χ4v) is 3.66. The number of aromatic nitrogens is 4. The van der Waals surface area contributed by atoms with E-state index in [9.17, 15) is 4.79 Å². The zero-order valence-corrected chi connectivity index (χ0v) is 15.0. The summed E-state index contributed by atoms with van der Waals surface area (Å²) in [5.74, 6) is 0.882. The van der Waals surface area contributed by atoms with Crippen LogP contribution in [0.2, 0.25) is 0 Å². The molecule has 0 saturated heterocycles. The van der Waals surface area contributed by atoms with Gasteiger partial charge >= 0.3 is 5.69 Å². The molecule has 0 aliphatic carbocycles. The van der Waals surface area contributed by atoms with Crippen molar-refractivity contribution in [1.82, 2.24) is 24.2 Å². The Kier molecular flexibility index (Phi) is 3.28. The Labute approximate surface area is 145 Å². The molecule has 0 spiro atoms. The molecule has 0 atom stereocenters. The summed E-state index contributed by atoms with van der Waals surface area (Å²) in [7, 11) is 5.70. The second-order valence-electron chi connectivity index (χ2n) is 6.59. The maximum Gasteiger partial charge on any atom is 0.326 e. The molecule has 0 unspecified atom stereocenters. The number of benzene rings is 1. The molecule has 0 bridgehead atoms. The molecule has 0 radical (unpaired) electrons. The fourth-order valence-electron chi connectivity index (χ4n) is 3.66. The number of nitrogens with one attached hydrogen (secondary N) is 1. The molecular formula is C18H21N5O2. The first-order chi connectivity index (χ1) is 11.9. The van der Waals surface area contributed by atoms with Crippen molar-refractivity contribution in [3.8, 4) is 11.3 Å². The quantitative estimate of drug-likeness (QED) is 0.777. The van der Waals surface area contributed by atoms with Crippen LogP contribution >= 0.6 is 0 Å². The van der Waals surface area contributed by atoms with Crippen molar-refractivity contribution in [1.29, 1.82) is 0 Å². The molecule has 25 heavy (non-hydrogen) atoms. The van der Waals surface area contributed by atoms with Gasteiger partial charge in [-0.15, -0.1) is 0 Å². The topological polar surface area (TPSA) is 68.1 Å². The second-order valence-corrected chi connectivity index (χ2v) is 6.59. The Morgan fingerprint density at radius 1 is 1.20 bits per heavy atom. The fraction of sp³-hybridized carbons (Fsp3) is 0.333. The van der Waals surface area contributed by atoms with Gasteiger partial charge in [0.25, 0.3) is 0 Å². The summed E-state index contributed by atoms with van der Waals surface area (Å²) in [5, 5.41) is 4.36. The lowest BCUT2D eigenvalue weighted by atomic mass is 10.0. The third-order valence-electron chi connectivity index (χ3n) is 4.83. The van der Waals surface area contributed by atoms with E-state index in [0.717, 1.165) is 44.9 Å². The molecule has 0 fully saturated rings. The van der Waals surface area contributed by atoms with Gasteiger partial charge in [0.15, 0.2) is 6.73 Å². The molecule has 0 saturated carbocycles. The van der Waals surface area contributed by atoms with Gasteiger partial charge in [0.05, 0.1) is 28.6 Å². The van der Waals surface area contributed by atoms with Crippen molar-refractivity contribution in [2.24, 2.45) is 14.1 Å². The van der Waals surface area contributed by atoms with Crippen molar-refractivity contribution in [3.63, 3.8) is 0 Å². The molecule has 7 heteroatoms. The maximum absolute atomic E-state index is 12.2. The first-order valence-electron chi connectivity index (χ1n) is 8.15. The second kappa shape index (κ2) is 5.27. The average molecular weight is 339 g/mol. The van der Waals surface area contributed by atoms with E-state index < -0.39 is 0 Å². The Morgan fingerprint density at radius 3 is 2.56 bits per heavy atom. The summed E-state index contributed by atoms with van der Waals surface area (Å²) < 4.78 is 9.16. The van der Waals surface area contributed by atoms with Crippen molar-refractivity contribution < 1.29 is 4.74 Å². The van der Waals surface area contributed by atoms with Gasteiger partial charge in [-0.3, -0.25) is 9.25 Å². The minimum atomic E-state index is -0.130. The molecule has 1 N–H and O–H groups in total. The van der Waals surface area contributed by atoms with E-state index >= 15 is 0 Å². The molecule has 1 aliphatic rings. The first kappa shape index (κ1) is 15.6. The minimum absolute atomic E-state index is 0.130. The summed E-state index contributed by atoms with van der Waals surface area (Å²) in [5.41, 5.74) is 6.65. The van der Waals surface area contributed by atoms with Crippen LogP contribution in [0.5, 0.6) is 0 Å². The highest BCUT2D eigenvalue weighted by Crippen LogP contribution is 2.35. The smallest absolute Gasteiger partial charge is 0.326 e. The van der Waals surface area contributed by atoms with E-state index in [2.05, 4.69) is 21.0 Å². The lowest BCUT2D eigenvalue weighted by Gasteiger charge is -2.16. The van der Waals surface area contributed by atoms with Crippen molar-refractivity contribution >= 4 is 16.7 Å². The predicted molar refractivity (Wildman–Crippen MR) is 96.8 cm³/mol. The highest BCUT2D eigenvalue weighted by Gasteiger charge is 2.23. The molecular weight excluding hydrogens is 318 g/mol. The Bertz CT molecular complexity index is 1060. The number of allylic oxidation sites excluding steroid dienone is 1. The van der Waals surface area contributed by atoms with Gasteiger partial charge in [0.2, 0.25) is 0 Å². The number of hydrogen-bond donors (Lipinski definition) is 1. The molecule has 3 aromatic rings. The summed E-state index contributed by atoms with van der Waals surface area (Å²) in [4.78, 5) is 17.3. The molecule has 4 rings (SSSR count). The van der Waals surface area contributed by atoms with Crippen LogP contribution in [0.1, 0.15) is 18.1 Å². The van der Waals surface area contributed by atoms with Crippen LogP contribution in [-0.4, -0.2) is 38.0 Å². The number of ether oxygens (including phenoxy) is 1. The van der Waals surface area contributed by atoms with E-state index in [0.29, 0.717) is 6.73 Å². The van der Waals surface area contributed by atoms with Gasteiger partial charge in [-0.05, 0) is 31.5 Å². The SMILES string of the molecule is CC1=C(c2cc(-c3c(C)cnn3C)c3c(c2)[nH]c(=O)n3C)N(C)CO1. The molecule has 0 amide bonds. The van der Waals surface area contributed by atoms with Gasteiger partial charge in [0, 0.05) is 32.3 Å². The van der Waals surface area contributed by atoms with Crippen molar-refractivity contribution in [2.75, 3.05) is 13.8 Å². The lowest BCUT2D eigenvalue weighted by molar-refractivity contribution is 0.172. The van der Waals surface area contributed by atoms with Gasteiger partial charge in [-0.25, -0.2) is 4.79 Å². The van der Waals surface area contributed by atoms with Gasteiger partial charge in [-0.1, -0.05) is 0 Å². The van der Waals surface area contributed by atoms with Crippen molar-refractivity contribution in [2.45, 2.75) is 13.8 Å². The van der Waals surface area contributed by atoms with Gasteiger partial charge in [0.1, 0.15) is 5.76 Å². The standard InChI is InChI=1S/C18H21N5O2/c1-10-8-19-23(5)15(10)13-6-12(16-11(2)25-9-21(16)3)7-14-17(13)22(4)18(24)20-14/h6-8H,9H2,1-5H3,(H,20,24). The number of hydrogen-bond acceptors (Lipinski definition) is 4. The lowest BCUT2D eigenvalue weighted by Crippen LogP contribution is -2.13. The Morgan fingerprint density at radius 2 is 1.96 bits per heavy atom. The molecule has 7 nitrogen and oxygen atoms in total. The van der Waals surface area contributed by atoms with Crippen LogP contribution in [0.15, 0.2) is 28.9 Å². The van der Waals surface area contributed by atoms with E-state index in [-0.39, 0.29) is 5.69 Å². The molecule has 1 aromatic carbocycles. The summed E-state index contributed by atoms with van der Waals surface area (Å²) in [6.45, 7) is 4.53. The van der Waals surface area contributed by atoms with Gasteiger partial charge in [-0.2, -0.15) is 5.10 Å². The largest absolute Gasteiger partial charge is 0.476 e. The van der Waals surface area contributed by atoms with E-state index in [1.165, 1.54) is 0 Å². The highest BCUT2D eigenvalue weighted by molar-refractivity contribution is 5.95. The van der Waals surface area contributed by atoms with E-state index in [1.54, 1.807) is 11.6 Å². The summed E-state index contributed by atoms with van der Waals surface area (Å²) in [6, 6.07) is 4.12. The van der Waals surface area contributed by atoms with Crippen LogP contribution in [-0.2, 0) is 18.8 Å². The number of aromatic amines is 1. The number of imidazole rings is 1. The van der Waals surface area contributed by atoms with Crippen LogP contribution in [0.3, 0.4) is 0 Å². The van der Waals surface area contributed by atoms with E-state index in [4.69, 9.17) is 4.74 Å². The van der Waals surface area contributed by atoms with Crippen LogP contribution in [0.4, 0.5) is 0 Å². The molecule has 2 aromatic heterocycles. The van der Waals surface area contributed by atoms with Crippen LogP contribution in [0, 0.1) is 6.92 Å². The molecule has 130 valence electrons. The zero-order valence-electron chi connectivity index (χ0n) is 15.0. The number of H-pyrrole nitrogens is 1. The van der Waals surface area contributed by atoms with Crippen LogP contribution < -0.4 is 5.69 Å². The predicted octanol–water partition coefficient (Wildman–Crippen LogP) is 2.18. The van der Waals surface area contributed by atoms with E-state index in [1.807, 2.05) is 44.9 Å². The molecule has 1 aliphatic heterocycles. The van der Waals surface area contributed by atoms with Crippen molar-refractivity contribution in [3.05, 3.63) is 45.7 Å². The Balaban J connectivity index is 2.10. The average Bonchev–Trinajstić information content (AvgIpc) is 3.16. The minimum Gasteiger partial charge on any atom is -0.476 e. The monoisotopic (exact) mass is 339 g/mol. The number of fused-ring (bicyclic) bond motifs is 1. The summed E-state index contributed by atoms with van der Waals surface area (Å²) in [6.07, 6.45) is 1.84. The first-order valence-corrected chi connectivity index (χ1v) is 8.15. The van der Waals surface area contributed by atoms with Crippen LogP contribution in [0.25, 0.3) is 28.0 Å².